The molecule has 0 spiro atoms. The fourth-order valence-electron chi connectivity index (χ4n) is 1.000. The lowest BCUT2D eigenvalue weighted by atomic mass is 10.1. The van der Waals surface area contributed by atoms with Gasteiger partial charge in [0.1, 0.15) is 0 Å². The highest BCUT2D eigenvalue weighted by molar-refractivity contribution is 14.1. The number of aliphatic carboxylic acids is 1. The topological polar surface area (TPSA) is 37.3 Å². The van der Waals surface area contributed by atoms with Crippen molar-refractivity contribution in [1.29, 1.82) is 0 Å². The maximum absolute atomic E-state index is 12.3. The highest BCUT2D eigenvalue weighted by Crippen LogP contribution is 2.31. The summed E-state index contributed by atoms with van der Waals surface area (Å²) in [6, 6.07) is 3.13. The lowest BCUT2D eigenvalue weighted by Crippen LogP contribution is -2.05. The zero-order valence-electron chi connectivity index (χ0n) is 7.75. The van der Waals surface area contributed by atoms with E-state index in [0.29, 0.717) is 9.13 Å². The number of benzene rings is 1. The van der Waals surface area contributed by atoms with E-state index in [0.717, 1.165) is 18.2 Å². The van der Waals surface area contributed by atoms with Crippen LogP contribution in [0.4, 0.5) is 13.2 Å². The molecule has 0 unspecified atom stereocenters. The molecule has 0 heterocycles. The molecule has 6 heteroatoms. The maximum Gasteiger partial charge on any atom is 0.416 e. The van der Waals surface area contributed by atoms with Crippen molar-refractivity contribution < 1.29 is 23.1 Å². The lowest BCUT2D eigenvalue weighted by Gasteiger charge is -2.07. The highest BCUT2D eigenvalue weighted by atomic mass is 127. The van der Waals surface area contributed by atoms with Crippen molar-refractivity contribution >= 4 is 34.6 Å². The first kappa shape index (κ1) is 13.0. The molecule has 0 aliphatic rings. The molecule has 0 bridgehead atoms. The smallest absolute Gasteiger partial charge is 0.416 e. The van der Waals surface area contributed by atoms with E-state index in [2.05, 4.69) is 0 Å². The van der Waals surface area contributed by atoms with Gasteiger partial charge in [-0.3, -0.25) is 0 Å². The van der Waals surface area contributed by atoms with Crippen molar-refractivity contribution in [3.63, 3.8) is 0 Å². The largest absolute Gasteiger partial charge is 0.478 e. The van der Waals surface area contributed by atoms with E-state index in [1.165, 1.54) is 12.1 Å². The zero-order chi connectivity index (χ0) is 12.3. The van der Waals surface area contributed by atoms with Crippen molar-refractivity contribution in [3.8, 4) is 0 Å². The van der Waals surface area contributed by atoms with Crippen molar-refractivity contribution in [3.05, 3.63) is 39.0 Å². The van der Waals surface area contributed by atoms with Crippen LogP contribution in [0.1, 0.15) is 11.1 Å². The van der Waals surface area contributed by atoms with E-state index >= 15 is 0 Å². The van der Waals surface area contributed by atoms with Gasteiger partial charge in [0.25, 0.3) is 0 Å². The predicted octanol–water partition coefficient (Wildman–Crippen LogP) is 3.41. The molecule has 0 aliphatic carbocycles. The van der Waals surface area contributed by atoms with Gasteiger partial charge in [-0.2, -0.15) is 13.2 Å². The number of halogens is 4. The van der Waals surface area contributed by atoms with Gasteiger partial charge in [0.2, 0.25) is 0 Å². The molecule has 0 atom stereocenters. The van der Waals surface area contributed by atoms with Crippen LogP contribution in [-0.2, 0) is 11.0 Å². The molecule has 0 aromatic heterocycles. The number of hydrogen-bond acceptors (Lipinski definition) is 1. The second-order valence-corrected chi connectivity index (χ2v) is 4.07. The number of alkyl halides is 3. The summed E-state index contributed by atoms with van der Waals surface area (Å²) < 4.78 is 37.2. The quantitative estimate of drug-likeness (QED) is 0.661. The fourth-order valence-corrected chi connectivity index (χ4v) is 1.69. The van der Waals surface area contributed by atoms with Gasteiger partial charge in [0.15, 0.2) is 0 Å². The number of carboxylic acids is 1. The molecule has 0 aliphatic heterocycles. The minimum Gasteiger partial charge on any atom is -0.478 e. The summed E-state index contributed by atoms with van der Waals surface area (Å²) in [5.74, 6) is -1.14. The normalized spacial score (nSPS) is 12.0. The van der Waals surface area contributed by atoms with Gasteiger partial charge in [-0.1, -0.05) is 6.07 Å². The van der Waals surface area contributed by atoms with Crippen LogP contribution in [0.15, 0.2) is 24.3 Å². The van der Waals surface area contributed by atoms with Gasteiger partial charge in [0, 0.05) is 9.65 Å². The molecule has 0 radical (unpaired) electrons. The molecule has 1 rings (SSSR count). The number of carbonyl (C=O) groups is 1. The van der Waals surface area contributed by atoms with Crippen molar-refractivity contribution in [2.45, 2.75) is 6.18 Å². The van der Waals surface area contributed by atoms with Gasteiger partial charge in [-0.25, -0.2) is 4.79 Å². The van der Waals surface area contributed by atoms with Crippen molar-refractivity contribution in [1.82, 2.24) is 0 Å². The minimum atomic E-state index is -4.38. The first-order valence-corrected chi connectivity index (χ1v) is 5.16. The van der Waals surface area contributed by atoms with E-state index in [1.54, 1.807) is 22.6 Å². The fraction of sp³-hybridized carbons (Fsp3) is 0.100. The average molecular weight is 342 g/mol. The first-order chi connectivity index (χ1) is 7.30. The lowest BCUT2D eigenvalue weighted by molar-refractivity contribution is -0.137. The first-order valence-electron chi connectivity index (χ1n) is 4.08. The van der Waals surface area contributed by atoms with Crippen LogP contribution in [-0.4, -0.2) is 11.1 Å². The number of carboxylic acid groups (broad SMARTS) is 1. The van der Waals surface area contributed by atoms with Crippen LogP contribution in [0.2, 0.25) is 0 Å². The van der Waals surface area contributed by atoms with Gasteiger partial charge >= 0.3 is 12.1 Å². The highest BCUT2D eigenvalue weighted by Gasteiger charge is 2.30. The summed E-state index contributed by atoms with van der Waals surface area (Å²) >= 11 is 1.73. The third kappa shape index (κ3) is 3.51. The summed E-state index contributed by atoms with van der Waals surface area (Å²) in [6.45, 7) is 0. The van der Waals surface area contributed by atoms with Gasteiger partial charge in [-0.15, -0.1) is 0 Å². The SMILES string of the molecule is O=C(O)C=Cc1ccc(C(F)(F)F)cc1I. The minimum absolute atomic E-state index is 0.352. The van der Waals surface area contributed by atoms with E-state index in [-0.39, 0.29) is 0 Å². The van der Waals surface area contributed by atoms with Crippen molar-refractivity contribution in [2.75, 3.05) is 0 Å². The second kappa shape index (κ2) is 4.86. The van der Waals surface area contributed by atoms with E-state index in [4.69, 9.17) is 5.11 Å². The molecular formula is C10H6F3IO2. The monoisotopic (exact) mass is 342 g/mol. The van der Waals surface area contributed by atoms with Crippen LogP contribution in [0.3, 0.4) is 0 Å². The Hall–Kier alpha value is -1.05. The molecular weight excluding hydrogens is 336 g/mol. The van der Waals surface area contributed by atoms with E-state index in [1.807, 2.05) is 0 Å². The molecule has 0 saturated heterocycles. The van der Waals surface area contributed by atoms with E-state index in [9.17, 15) is 18.0 Å². The zero-order valence-corrected chi connectivity index (χ0v) is 9.91. The Morgan fingerprint density at radius 3 is 2.44 bits per heavy atom. The molecule has 0 saturated carbocycles. The van der Waals surface area contributed by atoms with Gasteiger partial charge in [0.05, 0.1) is 5.56 Å². The molecule has 16 heavy (non-hydrogen) atoms. The third-order valence-corrected chi connectivity index (χ3v) is 2.67. The predicted molar refractivity (Wildman–Crippen MR) is 60.8 cm³/mol. The van der Waals surface area contributed by atoms with Crippen LogP contribution in [0.5, 0.6) is 0 Å². The molecule has 1 aromatic rings. The summed E-state index contributed by atoms with van der Waals surface area (Å²) in [4.78, 5) is 10.2. The van der Waals surface area contributed by atoms with Crippen LogP contribution in [0, 0.1) is 3.57 Å². The Morgan fingerprint density at radius 1 is 1.38 bits per heavy atom. The molecule has 0 amide bonds. The molecule has 1 N–H and O–H groups in total. The summed E-state index contributed by atoms with van der Waals surface area (Å²) in [5.41, 5.74) is -0.305. The Labute approximate surface area is 103 Å². The number of rotatable bonds is 2. The molecule has 0 fully saturated rings. The summed E-state index contributed by atoms with van der Waals surface area (Å²) in [7, 11) is 0. The van der Waals surface area contributed by atoms with E-state index < -0.39 is 17.7 Å². The van der Waals surface area contributed by atoms with Gasteiger partial charge < -0.3 is 5.11 Å². The Balaban J connectivity index is 3.05. The van der Waals surface area contributed by atoms with Crippen LogP contribution in [0.25, 0.3) is 6.08 Å². The standard InChI is InChI=1S/C10H6F3IO2/c11-10(12,13)7-3-1-6(8(14)5-7)2-4-9(15)16/h1-5H,(H,15,16). The van der Waals surface area contributed by atoms with Gasteiger partial charge in [-0.05, 0) is 46.4 Å². The second-order valence-electron chi connectivity index (χ2n) is 2.91. The average Bonchev–Trinajstić information content (AvgIpc) is 2.14. The Morgan fingerprint density at radius 2 is 2.00 bits per heavy atom. The van der Waals surface area contributed by atoms with Crippen LogP contribution >= 0.6 is 22.6 Å². The molecule has 1 aromatic carbocycles. The Kier molecular flexibility index (Phi) is 3.95. The third-order valence-electron chi connectivity index (χ3n) is 1.73. The number of hydrogen-bond donors (Lipinski definition) is 1. The summed E-state index contributed by atoms with van der Waals surface area (Å²) in [5, 5.41) is 8.38. The maximum atomic E-state index is 12.3. The summed E-state index contributed by atoms with van der Waals surface area (Å²) in [6.07, 6.45) is -2.25. The van der Waals surface area contributed by atoms with Crippen molar-refractivity contribution in [2.24, 2.45) is 0 Å². The molecule has 2 nitrogen and oxygen atoms in total. The molecule has 86 valence electrons. The Bertz CT molecular complexity index is 438. The van der Waals surface area contributed by atoms with Crippen LogP contribution < -0.4 is 0 Å².